The van der Waals surface area contributed by atoms with Gasteiger partial charge in [-0.2, -0.15) is 0 Å². The predicted molar refractivity (Wildman–Crippen MR) is 93.2 cm³/mol. The molecule has 1 aliphatic heterocycles. The van der Waals surface area contributed by atoms with Crippen LogP contribution in [-0.2, 0) is 0 Å². The summed E-state index contributed by atoms with van der Waals surface area (Å²) in [4.78, 5) is 12.3. The van der Waals surface area contributed by atoms with Gasteiger partial charge in [0.2, 0.25) is 0 Å². The largest absolute Gasteiger partial charge is 0.457 e. The maximum atomic E-state index is 12.3. The first-order chi connectivity index (χ1) is 11.8. The van der Waals surface area contributed by atoms with Gasteiger partial charge >= 0.3 is 0 Å². The van der Waals surface area contributed by atoms with E-state index in [1.807, 2.05) is 78.9 Å². The number of ether oxygens (including phenoxy) is 1. The van der Waals surface area contributed by atoms with Gasteiger partial charge in [0.25, 0.3) is 5.91 Å². The van der Waals surface area contributed by atoms with Gasteiger partial charge in [-0.25, -0.2) is 0 Å². The van der Waals surface area contributed by atoms with Gasteiger partial charge in [-0.3, -0.25) is 4.79 Å². The maximum absolute atomic E-state index is 12.3. The number of amides is 1. The Kier molecular flexibility index (Phi) is 3.63. The summed E-state index contributed by atoms with van der Waals surface area (Å²) >= 11 is 0. The molecule has 1 aliphatic rings. The standard InChI is InChI=1S/C20H16N2O2/c23-20-17-11-4-5-12-18(17)21-19(22-20)14-7-6-10-16(13-14)24-15-8-2-1-3-9-15/h1-13,19,21H,(H,22,23)/t19-/m0/s1. The molecule has 0 fully saturated rings. The summed E-state index contributed by atoms with van der Waals surface area (Å²) in [6.07, 6.45) is -0.285. The second kappa shape index (κ2) is 6.08. The third-order valence-electron chi connectivity index (χ3n) is 3.92. The minimum Gasteiger partial charge on any atom is -0.457 e. The maximum Gasteiger partial charge on any atom is 0.255 e. The number of carbonyl (C=O) groups excluding carboxylic acids is 1. The Labute approximate surface area is 140 Å². The van der Waals surface area contributed by atoms with Crippen LogP contribution in [0.2, 0.25) is 0 Å². The van der Waals surface area contributed by atoms with Crippen molar-refractivity contribution in [1.82, 2.24) is 5.32 Å². The fourth-order valence-electron chi connectivity index (χ4n) is 2.76. The molecule has 0 aromatic heterocycles. The highest BCUT2D eigenvalue weighted by Crippen LogP contribution is 2.29. The molecule has 0 radical (unpaired) electrons. The van der Waals surface area contributed by atoms with Crippen molar-refractivity contribution in [3.63, 3.8) is 0 Å². The molecule has 0 bridgehead atoms. The number of carbonyl (C=O) groups is 1. The molecule has 0 aliphatic carbocycles. The van der Waals surface area contributed by atoms with E-state index in [0.29, 0.717) is 5.56 Å². The van der Waals surface area contributed by atoms with Crippen molar-refractivity contribution in [3.8, 4) is 11.5 Å². The van der Waals surface area contributed by atoms with Gasteiger partial charge in [0.05, 0.1) is 5.56 Å². The van der Waals surface area contributed by atoms with Gasteiger partial charge in [-0.1, -0.05) is 42.5 Å². The third-order valence-corrected chi connectivity index (χ3v) is 3.92. The Morgan fingerprint density at radius 1 is 0.750 bits per heavy atom. The average molecular weight is 316 g/mol. The van der Waals surface area contributed by atoms with E-state index in [-0.39, 0.29) is 12.1 Å². The fraction of sp³-hybridized carbons (Fsp3) is 0.0500. The Bertz CT molecular complexity index is 878. The van der Waals surface area contributed by atoms with Crippen LogP contribution in [0, 0.1) is 0 Å². The number of hydrogen-bond donors (Lipinski definition) is 2. The van der Waals surface area contributed by atoms with Crippen LogP contribution in [0.1, 0.15) is 22.1 Å². The van der Waals surface area contributed by atoms with Crippen LogP contribution >= 0.6 is 0 Å². The van der Waals surface area contributed by atoms with E-state index in [1.165, 1.54) is 0 Å². The molecule has 0 saturated heterocycles. The van der Waals surface area contributed by atoms with Crippen molar-refractivity contribution in [3.05, 3.63) is 90.0 Å². The normalized spacial score (nSPS) is 15.8. The minimum absolute atomic E-state index is 0.0799. The second-order valence-corrected chi connectivity index (χ2v) is 5.58. The zero-order valence-corrected chi connectivity index (χ0v) is 12.9. The second-order valence-electron chi connectivity index (χ2n) is 5.58. The number of nitrogens with one attached hydrogen (secondary N) is 2. The predicted octanol–water partition coefficient (Wildman–Crippen LogP) is 4.33. The van der Waals surface area contributed by atoms with Gasteiger partial charge < -0.3 is 15.4 Å². The van der Waals surface area contributed by atoms with Crippen molar-refractivity contribution in [2.45, 2.75) is 6.17 Å². The summed E-state index contributed by atoms with van der Waals surface area (Å²) in [5.41, 5.74) is 2.43. The first-order valence-corrected chi connectivity index (χ1v) is 7.79. The molecule has 1 amide bonds. The van der Waals surface area contributed by atoms with Crippen molar-refractivity contribution >= 4 is 11.6 Å². The van der Waals surface area contributed by atoms with E-state index in [2.05, 4.69) is 10.6 Å². The van der Waals surface area contributed by atoms with Crippen molar-refractivity contribution in [1.29, 1.82) is 0 Å². The number of fused-ring (bicyclic) bond motifs is 1. The zero-order chi connectivity index (χ0) is 16.4. The summed E-state index contributed by atoms with van der Waals surface area (Å²) in [5, 5.41) is 6.32. The number of hydrogen-bond acceptors (Lipinski definition) is 3. The van der Waals surface area contributed by atoms with Gasteiger partial charge in [0, 0.05) is 5.69 Å². The highest BCUT2D eigenvalue weighted by Gasteiger charge is 2.24. The SMILES string of the molecule is O=C1N[C@@H](c2cccc(Oc3ccccc3)c2)Nc2ccccc21. The zero-order valence-electron chi connectivity index (χ0n) is 12.9. The number of para-hydroxylation sites is 2. The average Bonchev–Trinajstić information content (AvgIpc) is 2.63. The van der Waals surface area contributed by atoms with E-state index >= 15 is 0 Å². The quantitative estimate of drug-likeness (QED) is 0.756. The van der Waals surface area contributed by atoms with Crippen molar-refractivity contribution in [2.24, 2.45) is 0 Å². The first kappa shape index (κ1) is 14.3. The van der Waals surface area contributed by atoms with Crippen molar-refractivity contribution in [2.75, 3.05) is 5.32 Å². The molecule has 0 spiro atoms. The van der Waals surface area contributed by atoms with Crippen LogP contribution < -0.4 is 15.4 Å². The number of benzene rings is 3. The molecule has 4 nitrogen and oxygen atoms in total. The molecule has 1 atom stereocenters. The first-order valence-electron chi connectivity index (χ1n) is 7.79. The van der Waals surface area contributed by atoms with Gasteiger partial charge in [0.1, 0.15) is 17.7 Å². The molecule has 24 heavy (non-hydrogen) atoms. The highest BCUT2D eigenvalue weighted by atomic mass is 16.5. The van der Waals surface area contributed by atoms with Crippen LogP contribution in [0.4, 0.5) is 5.69 Å². The molecule has 3 aromatic carbocycles. The molecule has 2 N–H and O–H groups in total. The van der Waals surface area contributed by atoms with Gasteiger partial charge in [0.15, 0.2) is 0 Å². The highest BCUT2D eigenvalue weighted by molar-refractivity contribution is 6.01. The van der Waals surface area contributed by atoms with E-state index in [9.17, 15) is 4.79 Å². The van der Waals surface area contributed by atoms with Crippen LogP contribution in [0.15, 0.2) is 78.9 Å². The lowest BCUT2D eigenvalue weighted by molar-refractivity contribution is 0.0935. The van der Waals surface area contributed by atoms with Crippen LogP contribution in [0.25, 0.3) is 0 Å². The molecule has 0 saturated carbocycles. The Balaban J connectivity index is 1.59. The summed E-state index contributed by atoms with van der Waals surface area (Å²) in [5.74, 6) is 1.43. The van der Waals surface area contributed by atoms with Crippen LogP contribution in [0.5, 0.6) is 11.5 Å². The summed E-state index contributed by atoms with van der Waals surface area (Å²) in [6.45, 7) is 0. The number of anilines is 1. The Morgan fingerprint density at radius 2 is 1.50 bits per heavy atom. The molecule has 4 rings (SSSR count). The lowest BCUT2D eigenvalue weighted by atomic mass is 10.1. The van der Waals surface area contributed by atoms with Gasteiger partial charge in [-0.05, 0) is 42.0 Å². The molecular weight excluding hydrogens is 300 g/mol. The van der Waals surface area contributed by atoms with Crippen LogP contribution in [0.3, 0.4) is 0 Å². The Morgan fingerprint density at radius 3 is 2.38 bits per heavy atom. The van der Waals surface area contributed by atoms with E-state index in [0.717, 1.165) is 22.7 Å². The molecule has 0 unspecified atom stereocenters. The minimum atomic E-state index is -0.285. The third kappa shape index (κ3) is 2.82. The summed E-state index contributed by atoms with van der Waals surface area (Å²) < 4.78 is 5.87. The summed E-state index contributed by atoms with van der Waals surface area (Å²) in [7, 11) is 0. The Hall–Kier alpha value is -3.27. The molecular formula is C20H16N2O2. The fourth-order valence-corrected chi connectivity index (χ4v) is 2.76. The molecule has 118 valence electrons. The lowest BCUT2D eigenvalue weighted by Crippen LogP contribution is -2.38. The van der Waals surface area contributed by atoms with Crippen LogP contribution in [-0.4, -0.2) is 5.91 Å². The number of rotatable bonds is 3. The smallest absolute Gasteiger partial charge is 0.255 e. The van der Waals surface area contributed by atoms with E-state index in [1.54, 1.807) is 0 Å². The molecule has 4 heteroatoms. The van der Waals surface area contributed by atoms with Gasteiger partial charge in [-0.15, -0.1) is 0 Å². The topological polar surface area (TPSA) is 50.4 Å². The van der Waals surface area contributed by atoms with E-state index < -0.39 is 0 Å². The molecule has 3 aromatic rings. The van der Waals surface area contributed by atoms with E-state index in [4.69, 9.17) is 4.74 Å². The summed E-state index contributed by atoms with van der Waals surface area (Å²) in [6, 6.07) is 24.8. The monoisotopic (exact) mass is 316 g/mol. The molecule has 1 heterocycles. The van der Waals surface area contributed by atoms with Crippen molar-refractivity contribution < 1.29 is 9.53 Å². The lowest BCUT2D eigenvalue weighted by Gasteiger charge is -2.28.